The van der Waals surface area contributed by atoms with Crippen molar-refractivity contribution in [2.75, 3.05) is 12.4 Å². The average Bonchev–Trinajstić information content (AvgIpc) is 2.70. The van der Waals surface area contributed by atoms with Crippen LogP contribution in [0.15, 0.2) is 72.9 Å². The van der Waals surface area contributed by atoms with Gasteiger partial charge in [0.1, 0.15) is 5.75 Å². The Balaban J connectivity index is 1.76. The predicted molar refractivity (Wildman–Crippen MR) is 114 cm³/mol. The maximum Gasteiger partial charge on any atom is 0.174 e. The lowest BCUT2D eigenvalue weighted by molar-refractivity contribution is 0.407. The summed E-state index contributed by atoms with van der Waals surface area (Å²) in [5.74, 6) is 0.816. The van der Waals surface area contributed by atoms with Crippen molar-refractivity contribution in [2.24, 2.45) is 0 Å². The van der Waals surface area contributed by atoms with Gasteiger partial charge in [0, 0.05) is 18.4 Å². The third-order valence-corrected chi connectivity index (χ3v) is 4.56. The first kappa shape index (κ1) is 18.9. The number of aryl methyl sites for hydroxylation is 1. The van der Waals surface area contributed by atoms with Crippen LogP contribution in [0.2, 0.25) is 0 Å². The van der Waals surface area contributed by atoms with Gasteiger partial charge in [0.15, 0.2) is 5.11 Å². The zero-order chi connectivity index (χ0) is 19.1. The van der Waals surface area contributed by atoms with E-state index in [1.807, 2.05) is 42.5 Å². The first-order chi connectivity index (χ1) is 13.1. The largest absolute Gasteiger partial charge is 0.497 e. The Morgan fingerprint density at radius 1 is 1.00 bits per heavy atom. The molecule has 0 radical (unpaired) electrons. The fourth-order valence-electron chi connectivity index (χ4n) is 2.68. The SMILES string of the molecule is COc1ccc(NC(=S)N(Cc2ccc(C)cc2)Cc2ccccn2)cc1. The van der Waals surface area contributed by atoms with Crippen LogP contribution in [0.5, 0.6) is 5.75 Å². The number of ether oxygens (including phenoxy) is 1. The molecule has 1 aromatic heterocycles. The molecule has 0 unspecified atom stereocenters. The van der Waals surface area contributed by atoms with Gasteiger partial charge in [0.05, 0.1) is 19.3 Å². The second kappa shape index (κ2) is 9.14. The van der Waals surface area contributed by atoms with Crippen molar-refractivity contribution < 1.29 is 4.74 Å². The molecule has 0 saturated carbocycles. The molecule has 3 rings (SSSR count). The molecule has 0 saturated heterocycles. The molecule has 0 amide bonds. The van der Waals surface area contributed by atoms with Gasteiger partial charge in [0.2, 0.25) is 0 Å². The van der Waals surface area contributed by atoms with Gasteiger partial charge in [-0.05, 0) is 61.1 Å². The fourth-order valence-corrected chi connectivity index (χ4v) is 2.92. The molecular formula is C22H23N3OS. The molecular weight excluding hydrogens is 354 g/mol. The number of thiocarbonyl (C=S) groups is 1. The molecule has 3 aromatic rings. The minimum atomic E-state index is 0.636. The minimum absolute atomic E-state index is 0.636. The van der Waals surface area contributed by atoms with E-state index in [9.17, 15) is 0 Å². The topological polar surface area (TPSA) is 37.4 Å². The smallest absolute Gasteiger partial charge is 0.174 e. The van der Waals surface area contributed by atoms with Crippen molar-refractivity contribution in [2.45, 2.75) is 20.0 Å². The number of rotatable bonds is 6. The minimum Gasteiger partial charge on any atom is -0.497 e. The van der Waals surface area contributed by atoms with Crippen LogP contribution in [0.3, 0.4) is 0 Å². The van der Waals surface area contributed by atoms with Gasteiger partial charge in [-0.25, -0.2) is 0 Å². The number of nitrogens with zero attached hydrogens (tertiary/aromatic N) is 2. The number of nitrogens with one attached hydrogen (secondary N) is 1. The monoisotopic (exact) mass is 377 g/mol. The van der Waals surface area contributed by atoms with Gasteiger partial charge in [-0.15, -0.1) is 0 Å². The number of hydrogen-bond donors (Lipinski definition) is 1. The lowest BCUT2D eigenvalue weighted by Gasteiger charge is -2.26. The third-order valence-electron chi connectivity index (χ3n) is 4.20. The lowest BCUT2D eigenvalue weighted by atomic mass is 10.1. The highest BCUT2D eigenvalue weighted by Crippen LogP contribution is 2.17. The van der Waals surface area contributed by atoms with Crippen molar-refractivity contribution in [3.8, 4) is 5.75 Å². The quantitative estimate of drug-likeness (QED) is 0.625. The lowest BCUT2D eigenvalue weighted by Crippen LogP contribution is -2.34. The second-order valence-corrected chi connectivity index (χ2v) is 6.71. The number of aromatic nitrogens is 1. The molecule has 5 heteroatoms. The fraction of sp³-hybridized carbons (Fsp3) is 0.182. The average molecular weight is 378 g/mol. The molecule has 0 bridgehead atoms. The second-order valence-electron chi connectivity index (χ2n) is 6.32. The van der Waals surface area contributed by atoms with Crippen molar-refractivity contribution in [1.29, 1.82) is 0 Å². The van der Waals surface area contributed by atoms with Crippen LogP contribution in [-0.2, 0) is 13.1 Å². The Kier molecular flexibility index (Phi) is 6.39. The summed E-state index contributed by atoms with van der Waals surface area (Å²) >= 11 is 5.70. The number of anilines is 1. The highest BCUT2D eigenvalue weighted by Gasteiger charge is 2.12. The van der Waals surface area contributed by atoms with Crippen LogP contribution in [0.1, 0.15) is 16.8 Å². The van der Waals surface area contributed by atoms with Crippen molar-refractivity contribution in [1.82, 2.24) is 9.88 Å². The molecule has 27 heavy (non-hydrogen) atoms. The maximum atomic E-state index is 5.70. The third kappa shape index (κ3) is 5.53. The normalized spacial score (nSPS) is 10.3. The Morgan fingerprint density at radius 2 is 1.74 bits per heavy atom. The number of pyridine rings is 1. The number of methoxy groups -OCH3 is 1. The molecule has 0 fully saturated rings. The molecule has 2 aromatic carbocycles. The van der Waals surface area contributed by atoms with Gasteiger partial charge in [-0.1, -0.05) is 35.9 Å². The first-order valence-electron chi connectivity index (χ1n) is 8.79. The van der Waals surface area contributed by atoms with Crippen LogP contribution in [-0.4, -0.2) is 22.1 Å². The van der Waals surface area contributed by atoms with Crippen molar-refractivity contribution in [3.63, 3.8) is 0 Å². The van der Waals surface area contributed by atoms with Crippen molar-refractivity contribution >= 4 is 23.0 Å². The molecule has 0 aliphatic carbocycles. The Hall–Kier alpha value is -2.92. The molecule has 0 aliphatic heterocycles. The number of benzene rings is 2. The van der Waals surface area contributed by atoms with Crippen LogP contribution < -0.4 is 10.1 Å². The van der Waals surface area contributed by atoms with E-state index in [-0.39, 0.29) is 0 Å². The molecule has 0 spiro atoms. The van der Waals surface area contributed by atoms with E-state index in [1.165, 1.54) is 11.1 Å². The van der Waals surface area contributed by atoms with E-state index in [2.05, 4.69) is 46.4 Å². The van der Waals surface area contributed by atoms with Gasteiger partial charge in [0.25, 0.3) is 0 Å². The molecule has 1 heterocycles. The van der Waals surface area contributed by atoms with Gasteiger partial charge in [-0.3, -0.25) is 4.98 Å². The Bertz CT molecular complexity index is 864. The van der Waals surface area contributed by atoms with Crippen molar-refractivity contribution in [3.05, 3.63) is 89.7 Å². The summed E-state index contributed by atoms with van der Waals surface area (Å²) in [5.41, 5.74) is 4.35. The van der Waals surface area contributed by atoms with Gasteiger partial charge in [-0.2, -0.15) is 0 Å². The van der Waals surface area contributed by atoms with E-state index in [0.29, 0.717) is 18.2 Å². The summed E-state index contributed by atoms with van der Waals surface area (Å²) in [6, 6.07) is 22.2. The summed E-state index contributed by atoms with van der Waals surface area (Å²) in [7, 11) is 1.66. The van der Waals surface area contributed by atoms with Crippen LogP contribution in [0, 0.1) is 6.92 Å². The highest BCUT2D eigenvalue weighted by molar-refractivity contribution is 7.80. The molecule has 0 aliphatic rings. The summed E-state index contributed by atoms with van der Waals surface area (Å²) in [4.78, 5) is 6.56. The van der Waals surface area contributed by atoms with Crippen LogP contribution in [0.4, 0.5) is 5.69 Å². The highest BCUT2D eigenvalue weighted by atomic mass is 32.1. The van der Waals surface area contributed by atoms with E-state index in [0.717, 1.165) is 17.1 Å². The van der Waals surface area contributed by atoms with Gasteiger partial charge < -0.3 is 15.0 Å². The number of hydrogen-bond acceptors (Lipinski definition) is 3. The Morgan fingerprint density at radius 3 is 2.37 bits per heavy atom. The molecule has 4 nitrogen and oxygen atoms in total. The Labute approximate surface area is 165 Å². The maximum absolute atomic E-state index is 5.70. The van der Waals surface area contributed by atoms with E-state index in [1.54, 1.807) is 13.3 Å². The van der Waals surface area contributed by atoms with Crippen LogP contribution >= 0.6 is 12.2 Å². The van der Waals surface area contributed by atoms with Crippen LogP contribution in [0.25, 0.3) is 0 Å². The van der Waals surface area contributed by atoms with E-state index < -0.39 is 0 Å². The van der Waals surface area contributed by atoms with E-state index >= 15 is 0 Å². The summed E-state index contributed by atoms with van der Waals surface area (Å²) in [6.45, 7) is 3.43. The molecule has 0 atom stereocenters. The molecule has 1 N–H and O–H groups in total. The first-order valence-corrected chi connectivity index (χ1v) is 9.20. The summed E-state index contributed by atoms with van der Waals surface area (Å²) in [5, 5.41) is 3.98. The summed E-state index contributed by atoms with van der Waals surface area (Å²) in [6.07, 6.45) is 1.80. The predicted octanol–water partition coefficient (Wildman–Crippen LogP) is 4.80. The molecule has 138 valence electrons. The van der Waals surface area contributed by atoms with E-state index in [4.69, 9.17) is 17.0 Å². The summed E-state index contributed by atoms with van der Waals surface area (Å²) < 4.78 is 5.21. The zero-order valence-electron chi connectivity index (χ0n) is 15.6. The zero-order valence-corrected chi connectivity index (χ0v) is 16.4. The van der Waals surface area contributed by atoms with Gasteiger partial charge >= 0.3 is 0 Å². The standard InChI is InChI=1S/C22H23N3OS/c1-17-6-8-18(9-7-17)15-25(16-20-5-3-4-14-23-20)22(27)24-19-10-12-21(26-2)13-11-19/h3-14H,15-16H2,1-2H3,(H,24,27).